The number of hydrazone groups is 1. The number of amides is 1. The van der Waals surface area contributed by atoms with Crippen LogP contribution in [0.25, 0.3) is 0 Å². The van der Waals surface area contributed by atoms with Crippen molar-refractivity contribution in [1.29, 1.82) is 0 Å². The fraction of sp³-hybridized carbons (Fsp3) is 0.263. The third kappa shape index (κ3) is 7.36. The maximum Gasteiger partial charge on any atom is 0.411 e. The number of carbonyl (C=O) groups is 1. The second kappa shape index (κ2) is 9.84. The Kier molecular flexibility index (Phi) is 7.51. The smallest absolute Gasteiger partial charge is 0.411 e. The molecule has 2 rings (SSSR count). The maximum atomic E-state index is 12.8. The van der Waals surface area contributed by atoms with Gasteiger partial charge < -0.3 is 9.47 Å². The predicted molar refractivity (Wildman–Crippen MR) is 94.5 cm³/mol. The third-order valence-corrected chi connectivity index (χ3v) is 3.51. The monoisotopic (exact) mass is 398 g/mol. The van der Waals surface area contributed by atoms with Gasteiger partial charge >= 0.3 is 6.18 Å². The van der Waals surface area contributed by atoms with E-state index in [1.54, 1.807) is 18.2 Å². The molecule has 0 saturated carbocycles. The van der Waals surface area contributed by atoms with Crippen LogP contribution in [0.4, 0.5) is 17.6 Å². The molecule has 0 aliphatic heterocycles. The van der Waals surface area contributed by atoms with E-state index in [1.165, 1.54) is 37.6 Å². The van der Waals surface area contributed by atoms with Crippen LogP contribution in [0.1, 0.15) is 16.7 Å². The molecule has 1 amide bonds. The van der Waals surface area contributed by atoms with E-state index in [2.05, 4.69) is 15.3 Å². The van der Waals surface area contributed by atoms with Crippen molar-refractivity contribution in [2.45, 2.75) is 19.2 Å². The van der Waals surface area contributed by atoms with Gasteiger partial charge in [-0.1, -0.05) is 12.1 Å². The normalized spacial score (nSPS) is 11.6. The van der Waals surface area contributed by atoms with Gasteiger partial charge in [0, 0.05) is 5.56 Å². The average molecular weight is 398 g/mol. The minimum atomic E-state index is -4.42. The number of alkyl halides is 3. The highest BCUT2D eigenvalue weighted by molar-refractivity contribution is 5.83. The summed E-state index contributed by atoms with van der Waals surface area (Å²) in [6.07, 6.45) is -3.05. The summed E-state index contributed by atoms with van der Waals surface area (Å²) in [4.78, 5) is 11.8. The lowest BCUT2D eigenvalue weighted by Gasteiger charge is -2.11. The minimum absolute atomic E-state index is 0.0246. The van der Waals surface area contributed by atoms with Crippen molar-refractivity contribution in [3.63, 3.8) is 0 Å². The van der Waals surface area contributed by atoms with Crippen LogP contribution < -0.4 is 10.2 Å². The lowest BCUT2D eigenvalue weighted by Crippen LogP contribution is -2.19. The molecule has 9 heteroatoms. The molecule has 0 aliphatic rings. The highest BCUT2D eigenvalue weighted by Crippen LogP contribution is 2.22. The molecule has 0 bridgehead atoms. The molecule has 1 N–H and O–H groups in total. The van der Waals surface area contributed by atoms with Crippen molar-refractivity contribution in [2.24, 2.45) is 5.10 Å². The summed E-state index contributed by atoms with van der Waals surface area (Å²) < 4.78 is 59.2. The molecule has 0 atom stereocenters. The molecule has 2 aromatic rings. The van der Waals surface area contributed by atoms with Gasteiger partial charge in [-0.15, -0.1) is 0 Å². The Labute approximate surface area is 159 Å². The van der Waals surface area contributed by atoms with Gasteiger partial charge in [0.15, 0.2) is 0 Å². The van der Waals surface area contributed by atoms with Crippen LogP contribution in [0.15, 0.2) is 47.6 Å². The summed E-state index contributed by atoms with van der Waals surface area (Å²) in [7, 11) is 1.39. The van der Waals surface area contributed by atoms with Crippen LogP contribution in [-0.4, -0.2) is 32.0 Å². The van der Waals surface area contributed by atoms with Crippen LogP contribution in [0.5, 0.6) is 5.75 Å². The average Bonchev–Trinajstić information content (AvgIpc) is 2.63. The summed E-state index contributed by atoms with van der Waals surface area (Å²) in [5.74, 6) is -0.415. The molecule has 28 heavy (non-hydrogen) atoms. The molecule has 150 valence electrons. The largest absolute Gasteiger partial charge is 0.496 e. The molecular formula is C19H18F4N2O3. The molecule has 0 heterocycles. The third-order valence-electron chi connectivity index (χ3n) is 3.51. The molecule has 0 saturated heterocycles. The fourth-order valence-electron chi connectivity index (χ4n) is 2.27. The number of halogens is 4. The van der Waals surface area contributed by atoms with Gasteiger partial charge in [-0.2, -0.15) is 18.3 Å². The minimum Gasteiger partial charge on any atom is -0.496 e. The Morgan fingerprint density at radius 2 is 1.89 bits per heavy atom. The number of methoxy groups -OCH3 is 1. The molecule has 0 fully saturated rings. The van der Waals surface area contributed by atoms with Crippen molar-refractivity contribution >= 4 is 12.1 Å². The molecule has 5 nitrogen and oxygen atoms in total. The van der Waals surface area contributed by atoms with Crippen LogP contribution in [0.3, 0.4) is 0 Å². The lowest BCUT2D eigenvalue weighted by atomic mass is 10.1. The Bertz CT molecular complexity index is 821. The van der Waals surface area contributed by atoms with Crippen LogP contribution in [0, 0.1) is 5.82 Å². The molecule has 2 aromatic carbocycles. The molecule has 0 unspecified atom stereocenters. The van der Waals surface area contributed by atoms with E-state index in [0.29, 0.717) is 22.4 Å². The van der Waals surface area contributed by atoms with Gasteiger partial charge in [0.05, 0.1) is 26.4 Å². The Balaban J connectivity index is 1.93. The van der Waals surface area contributed by atoms with Crippen molar-refractivity contribution in [3.8, 4) is 5.75 Å². The lowest BCUT2D eigenvalue weighted by molar-refractivity contribution is -0.176. The van der Waals surface area contributed by atoms with E-state index < -0.39 is 24.5 Å². The van der Waals surface area contributed by atoms with E-state index in [-0.39, 0.29) is 13.0 Å². The summed E-state index contributed by atoms with van der Waals surface area (Å²) in [5.41, 5.74) is 3.90. The van der Waals surface area contributed by atoms with Crippen LogP contribution in [-0.2, 0) is 22.6 Å². The summed E-state index contributed by atoms with van der Waals surface area (Å²) in [6.45, 7) is -1.66. The van der Waals surface area contributed by atoms with Crippen LogP contribution in [0.2, 0.25) is 0 Å². The number of benzene rings is 2. The first-order valence-electron chi connectivity index (χ1n) is 8.14. The number of carbonyl (C=O) groups excluding carboxylic acids is 1. The van der Waals surface area contributed by atoms with Gasteiger partial charge in [-0.25, -0.2) is 9.82 Å². The number of ether oxygens (including phenoxy) is 2. The van der Waals surface area contributed by atoms with E-state index in [4.69, 9.17) is 4.74 Å². The van der Waals surface area contributed by atoms with E-state index >= 15 is 0 Å². The molecule has 0 radical (unpaired) electrons. The highest BCUT2D eigenvalue weighted by Gasteiger charge is 2.27. The predicted octanol–water partition coefficient (Wildman–Crippen LogP) is 3.61. The van der Waals surface area contributed by atoms with Crippen molar-refractivity contribution in [2.75, 3.05) is 13.7 Å². The molecule has 0 spiro atoms. The quantitative estimate of drug-likeness (QED) is 0.420. The van der Waals surface area contributed by atoms with Gasteiger partial charge in [0.1, 0.15) is 18.2 Å². The zero-order valence-corrected chi connectivity index (χ0v) is 14.9. The molecular weight excluding hydrogens is 380 g/mol. The van der Waals surface area contributed by atoms with Gasteiger partial charge in [0.25, 0.3) is 0 Å². The fourth-order valence-corrected chi connectivity index (χ4v) is 2.27. The van der Waals surface area contributed by atoms with Gasteiger partial charge in [-0.3, -0.25) is 4.79 Å². The number of rotatable bonds is 8. The second-order valence-electron chi connectivity index (χ2n) is 5.78. The number of nitrogens with one attached hydrogen (secondary N) is 1. The highest BCUT2D eigenvalue weighted by atomic mass is 19.4. The Morgan fingerprint density at radius 3 is 2.54 bits per heavy atom. The molecule has 0 aliphatic carbocycles. The maximum absolute atomic E-state index is 12.8. The number of nitrogens with zero attached hydrogens (tertiary/aromatic N) is 1. The van der Waals surface area contributed by atoms with Crippen molar-refractivity contribution in [1.82, 2.24) is 5.43 Å². The zero-order valence-electron chi connectivity index (χ0n) is 14.9. The number of hydrogen-bond acceptors (Lipinski definition) is 4. The van der Waals surface area contributed by atoms with Crippen molar-refractivity contribution < 1.29 is 31.8 Å². The Hall–Kier alpha value is -2.94. The van der Waals surface area contributed by atoms with Crippen LogP contribution >= 0.6 is 0 Å². The summed E-state index contributed by atoms with van der Waals surface area (Å²) in [5, 5.41) is 3.81. The van der Waals surface area contributed by atoms with E-state index in [0.717, 1.165) is 0 Å². The number of hydrogen-bond donors (Lipinski definition) is 1. The first kappa shape index (κ1) is 21.4. The van der Waals surface area contributed by atoms with Crippen molar-refractivity contribution in [3.05, 3.63) is 65.0 Å². The van der Waals surface area contributed by atoms with E-state index in [1.807, 2.05) is 0 Å². The van der Waals surface area contributed by atoms with Gasteiger partial charge in [-0.05, 0) is 41.5 Å². The first-order chi connectivity index (χ1) is 13.3. The Morgan fingerprint density at radius 1 is 1.18 bits per heavy atom. The summed E-state index contributed by atoms with van der Waals surface area (Å²) >= 11 is 0. The zero-order chi connectivity index (χ0) is 20.6. The van der Waals surface area contributed by atoms with E-state index in [9.17, 15) is 22.4 Å². The first-order valence-corrected chi connectivity index (χ1v) is 8.14. The van der Waals surface area contributed by atoms with Gasteiger partial charge in [0.2, 0.25) is 5.91 Å². The second-order valence-corrected chi connectivity index (χ2v) is 5.78. The standard InChI is InChI=1S/C19H18F4N2O3/c1-27-17-7-4-14(8-15(17)11-28-12-19(21,22)23)10-24-25-18(26)9-13-2-5-16(20)6-3-13/h2-8,10H,9,11-12H2,1H3,(H,25,26)/b24-10+. The SMILES string of the molecule is COc1ccc(/C=N/NC(=O)Cc2ccc(F)cc2)cc1COCC(F)(F)F. The summed E-state index contributed by atoms with van der Waals surface area (Å²) in [6, 6.07) is 10.2. The molecule has 0 aromatic heterocycles. The topological polar surface area (TPSA) is 59.9 Å².